The van der Waals surface area contributed by atoms with Crippen LogP contribution < -0.4 is 0 Å². The van der Waals surface area contributed by atoms with Gasteiger partial charge in [0, 0.05) is 11.3 Å². The van der Waals surface area contributed by atoms with E-state index in [2.05, 4.69) is 0 Å². The number of carbonyl (C=O) groups excluding carboxylic acids is 2. The maximum absolute atomic E-state index is 11.7. The van der Waals surface area contributed by atoms with Crippen LogP contribution >= 0.6 is 11.8 Å². The number of hydrogen-bond donors (Lipinski definition) is 0. The van der Waals surface area contributed by atoms with Gasteiger partial charge in [0.25, 0.3) is 0 Å². The van der Waals surface area contributed by atoms with Crippen molar-refractivity contribution in [3.8, 4) is 0 Å². The van der Waals surface area contributed by atoms with E-state index in [1.54, 1.807) is 36.0 Å². The molecule has 0 aliphatic rings. The van der Waals surface area contributed by atoms with Gasteiger partial charge in [0.2, 0.25) is 0 Å². The molecule has 0 fully saturated rings. The fraction of sp³-hybridized carbons (Fsp3) is 0.385. The standard InChI is InChI=1S/C13H16O3S/c1-9(8-17-3)16-13(15)12-6-4-11(5-7-12)10(2)14/h4-7,9H,8H2,1-3H3/t9-/m1/s1. The Morgan fingerprint density at radius 3 is 2.24 bits per heavy atom. The van der Waals surface area contributed by atoms with E-state index in [-0.39, 0.29) is 17.9 Å². The Bertz CT molecular complexity index is 398. The molecule has 0 heterocycles. The number of hydrogen-bond acceptors (Lipinski definition) is 4. The Kier molecular flexibility index (Phi) is 5.22. The van der Waals surface area contributed by atoms with E-state index in [9.17, 15) is 9.59 Å². The third-order valence-corrected chi connectivity index (χ3v) is 3.04. The molecule has 0 saturated carbocycles. The molecule has 0 unspecified atom stereocenters. The fourth-order valence-corrected chi connectivity index (χ4v) is 1.90. The van der Waals surface area contributed by atoms with Gasteiger partial charge in [-0.25, -0.2) is 4.79 Å². The third kappa shape index (κ3) is 4.23. The Morgan fingerprint density at radius 2 is 1.76 bits per heavy atom. The van der Waals surface area contributed by atoms with Gasteiger partial charge in [-0.3, -0.25) is 4.79 Å². The highest BCUT2D eigenvalue weighted by Gasteiger charge is 2.11. The Hall–Kier alpha value is -1.29. The van der Waals surface area contributed by atoms with Crippen molar-refractivity contribution in [3.63, 3.8) is 0 Å². The van der Waals surface area contributed by atoms with Crippen LogP contribution in [0.4, 0.5) is 0 Å². The summed E-state index contributed by atoms with van der Waals surface area (Å²) in [4.78, 5) is 22.8. The van der Waals surface area contributed by atoms with Gasteiger partial charge in [-0.15, -0.1) is 0 Å². The van der Waals surface area contributed by atoms with Gasteiger partial charge >= 0.3 is 5.97 Å². The summed E-state index contributed by atoms with van der Waals surface area (Å²) in [5.74, 6) is 0.416. The van der Waals surface area contributed by atoms with E-state index in [1.165, 1.54) is 6.92 Å². The number of ether oxygens (including phenoxy) is 1. The zero-order valence-electron chi connectivity index (χ0n) is 10.2. The summed E-state index contributed by atoms with van der Waals surface area (Å²) >= 11 is 1.63. The van der Waals surface area contributed by atoms with Crippen molar-refractivity contribution in [1.29, 1.82) is 0 Å². The highest BCUT2D eigenvalue weighted by atomic mass is 32.2. The first kappa shape index (κ1) is 13.8. The molecule has 0 aromatic heterocycles. The van der Waals surface area contributed by atoms with Gasteiger partial charge in [0.15, 0.2) is 5.78 Å². The van der Waals surface area contributed by atoms with E-state index in [0.29, 0.717) is 11.1 Å². The summed E-state index contributed by atoms with van der Waals surface area (Å²) in [7, 11) is 0. The van der Waals surface area contributed by atoms with Gasteiger partial charge in [0.05, 0.1) is 5.56 Å². The molecule has 1 rings (SSSR count). The zero-order chi connectivity index (χ0) is 12.8. The highest BCUT2D eigenvalue weighted by molar-refractivity contribution is 7.98. The van der Waals surface area contributed by atoms with Crippen molar-refractivity contribution in [2.75, 3.05) is 12.0 Å². The largest absolute Gasteiger partial charge is 0.458 e. The van der Waals surface area contributed by atoms with Gasteiger partial charge in [-0.05, 0) is 32.2 Å². The van der Waals surface area contributed by atoms with Crippen molar-refractivity contribution in [1.82, 2.24) is 0 Å². The summed E-state index contributed by atoms with van der Waals surface area (Å²) < 4.78 is 5.23. The lowest BCUT2D eigenvalue weighted by molar-refractivity contribution is 0.0386. The average Bonchev–Trinajstić information content (AvgIpc) is 2.29. The maximum atomic E-state index is 11.7. The van der Waals surface area contributed by atoms with E-state index in [1.807, 2.05) is 13.2 Å². The topological polar surface area (TPSA) is 43.4 Å². The van der Waals surface area contributed by atoms with Gasteiger partial charge in [-0.2, -0.15) is 11.8 Å². The average molecular weight is 252 g/mol. The van der Waals surface area contributed by atoms with Crippen LogP contribution in [0.3, 0.4) is 0 Å². The lowest BCUT2D eigenvalue weighted by Crippen LogP contribution is -2.17. The van der Waals surface area contributed by atoms with Gasteiger partial charge < -0.3 is 4.74 Å². The second kappa shape index (κ2) is 6.45. The first-order valence-corrected chi connectivity index (χ1v) is 6.75. The van der Waals surface area contributed by atoms with Gasteiger partial charge in [0.1, 0.15) is 6.10 Å². The van der Waals surface area contributed by atoms with Crippen LogP contribution in [0.25, 0.3) is 0 Å². The molecule has 92 valence electrons. The molecule has 3 nitrogen and oxygen atoms in total. The number of thioether (sulfide) groups is 1. The summed E-state index contributed by atoms with van der Waals surface area (Å²) in [6.07, 6.45) is 1.86. The second-order valence-corrected chi connectivity index (χ2v) is 4.72. The number of carbonyl (C=O) groups is 2. The molecule has 1 aromatic carbocycles. The number of benzene rings is 1. The summed E-state index contributed by atoms with van der Waals surface area (Å²) in [6.45, 7) is 3.35. The molecular weight excluding hydrogens is 236 g/mol. The molecule has 0 aliphatic heterocycles. The van der Waals surface area contributed by atoms with Crippen molar-refractivity contribution in [3.05, 3.63) is 35.4 Å². The van der Waals surface area contributed by atoms with Crippen LogP contribution in [0.5, 0.6) is 0 Å². The van der Waals surface area contributed by atoms with Crippen LogP contribution in [-0.4, -0.2) is 29.9 Å². The molecular formula is C13H16O3S. The number of rotatable bonds is 5. The summed E-state index contributed by atoms with van der Waals surface area (Å²) in [6, 6.07) is 6.51. The van der Waals surface area contributed by atoms with E-state index >= 15 is 0 Å². The molecule has 1 aromatic rings. The van der Waals surface area contributed by atoms with Crippen LogP contribution in [0.15, 0.2) is 24.3 Å². The van der Waals surface area contributed by atoms with Gasteiger partial charge in [-0.1, -0.05) is 12.1 Å². The lowest BCUT2D eigenvalue weighted by atomic mass is 10.1. The van der Waals surface area contributed by atoms with E-state index in [0.717, 1.165) is 5.75 Å². The molecule has 0 spiro atoms. The SMILES string of the molecule is CSC[C@@H](C)OC(=O)c1ccc(C(C)=O)cc1. The monoisotopic (exact) mass is 252 g/mol. The van der Waals surface area contributed by atoms with Crippen LogP contribution in [0.2, 0.25) is 0 Å². The molecule has 1 atom stereocenters. The van der Waals surface area contributed by atoms with Crippen LogP contribution in [-0.2, 0) is 4.74 Å². The predicted molar refractivity (Wildman–Crippen MR) is 69.7 cm³/mol. The highest BCUT2D eigenvalue weighted by Crippen LogP contribution is 2.09. The van der Waals surface area contributed by atoms with Crippen molar-refractivity contribution in [2.24, 2.45) is 0 Å². The number of Topliss-reactive ketones (excluding diaryl/α,β-unsaturated/α-hetero) is 1. The van der Waals surface area contributed by atoms with Crippen molar-refractivity contribution in [2.45, 2.75) is 20.0 Å². The number of esters is 1. The minimum atomic E-state index is -0.346. The minimum absolute atomic E-state index is 0.0133. The number of ketones is 1. The normalized spacial score (nSPS) is 11.9. The Labute approximate surface area is 106 Å². The zero-order valence-corrected chi connectivity index (χ0v) is 11.0. The lowest BCUT2D eigenvalue weighted by Gasteiger charge is -2.11. The molecule has 0 aliphatic carbocycles. The summed E-state index contributed by atoms with van der Waals surface area (Å²) in [5.41, 5.74) is 1.07. The quantitative estimate of drug-likeness (QED) is 0.597. The maximum Gasteiger partial charge on any atom is 0.338 e. The molecule has 0 saturated heterocycles. The molecule has 0 N–H and O–H groups in total. The van der Waals surface area contributed by atoms with Crippen molar-refractivity contribution >= 4 is 23.5 Å². The molecule has 0 bridgehead atoms. The first-order valence-electron chi connectivity index (χ1n) is 5.35. The molecule has 0 radical (unpaired) electrons. The first-order chi connectivity index (χ1) is 8.04. The van der Waals surface area contributed by atoms with E-state index < -0.39 is 0 Å². The minimum Gasteiger partial charge on any atom is -0.458 e. The second-order valence-electron chi connectivity index (χ2n) is 3.80. The third-order valence-electron chi connectivity index (χ3n) is 2.24. The molecule has 17 heavy (non-hydrogen) atoms. The van der Waals surface area contributed by atoms with E-state index in [4.69, 9.17) is 4.74 Å². The van der Waals surface area contributed by atoms with Crippen molar-refractivity contribution < 1.29 is 14.3 Å². The molecule has 0 amide bonds. The van der Waals surface area contributed by atoms with Crippen LogP contribution in [0.1, 0.15) is 34.6 Å². The Balaban J connectivity index is 2.66. The van der Waals surface area contributed by atoms with Crippen LogP contribution in [0, 0.1) is 0 Å². The molecule has 4 heteroatoms. The fourth-order valence-electron chi connectivity index (χ4n) is 1.36. The smallest absolute Gasteiger partial charge is 0.338 e. The predicted octanol–water partition coefficient (Wildman–Crippen LogP) is 2.80. The summed E-state index contributed by atoms with van der Waals surface area (Å²) in [5, 5.41) is 0. The Morgan fingerprint density at radius 1 is 1.24 bits per heavy atom.